The number of guanidine groups is 1. The molecule has 0 aliphatic carbocycles. The Bertz CT molecular complexity index is 1370. The molecule has 0 radical (unpaired) electrons. The first-order chi connectivity index (χ1) is 15.9. The minimum absolute atomic E-state index is 0.0257. The summed E-state index contributed by atoms with van der Waals surface area (Å²) in [4.78, 5) is 21.2. The maximum Gasteiger partial charge on any atom is 0.343 e. The van der Waals surface area contributed by atoms with E-state index in [1.54, 1.807) is 54.7 Å². The highest BCUT2D eigenvalue weighted by molar-refractivity contribution is 6.30. The molecule has 1 unspecified atom stereocenters. The van der Waals surface area contributed by atoms with Crippen LogP contribution in [-0.2, 0) is 0 Å². The van der Waals surface area contributed by atoms with Crippen LogP contribution in [0.2, 0.25) is 5.02 Å². The quantitative estimate of drug-likeness (QED) is 0.199. The fourth-order valence-electron chi connectivity index (χ4n) is 3.32. The highest BCUT2D eigenvalue weighted by Gasteiger charge is 2.30. The van der Waals surface area contributed by atoms with Crippen LogP contribution in [0, 0.1) is 22.8 Å². The maximum absolute atomic E-state index is 12.5. The van der Waals surface area contributed by atoms with E-state index in [0.717, 1.165) is 0 Å². The van der Waals surface area contributed by atoms with Crippen molar-refractivity contribution in [1.29, 1.82) is 10.5 Å². The summed E-state index contributed by atoms with van der Waals surface area (Å²) in [5.41, 5.74) is 13.6. The molecule has 11 heteroatoms. The van der Waals surface area contributed by atoms with Crippen LogP contribution in [0.1, 0.15) is 33.1 Å². The molecule has 1 aliphatic rings. The number of nitriles is 2. The van der Waals surface area contributed by atoms with Crippen molar-refractivity contribution in [3.05, 3.63) is 75.8 Å². The number of halogens is 1. The number of nitrogen functional groups attached to an aromatic ring is 2. The van der Waals surface area contributed by atoms with Crippen LogP contribution in [0.5, 0.6) is 5.75 Å². The third-order valence-electron chi connectivity index (χ3n) is 4.82. The van der Waals surface area contributed by atoms with Gasteiger partial charge in [0.05, 0.1) is 11.3 Å². The van der Waals surface area contributed by atoms with E-state index in [4.69, 9.17) is 33.1 Å². The average molecular weight is 459 g/mol. The lowest BCUT2D eigenvalue weighted by Gasteiger charge is -2.26. The summed E-state index contributed by atoms with van der Waals surface area (Å²) in [5.74, 6) is 0.0225. The van der Waals surface area contributed by atoms with Gasteiger partial charge in [-0.15, -0.1) is 0 Å². The number of carbonyl (C=O) groups is 1. The Morgan fingerprint density at radius 3 is 2.64 bits per heavy atom. The number of benzene rings is 2. The molecular weight excluding hydrogens is 444 g/mol. The molecule has 1 aliphatic heterocycles. The highest BCUT2D eigenvalue weighted by Crippen LogP contribution is 2.41. The lowest BCUT2D eigenvalue weighted by molar-refractivity contribution is 0.0734. The van der Waals surface area contributed by atoms with Gasteiger partial charge in [0.15, 0.2) is 6.19 Å². The molecule has 2 aromatic carbocycles. The fraction of sp³-hybridized carbons (Fsp3) is 0.0455. The summed E-state index contributed by atoms with van der Waals surface area (Å²) in [6.45, 7) is 0. The molecule has 0 saturated carbocycles. The van der Waals surface area contributed by atoms with E-state index in [-0.39, 0.29) is 34.6 Å². The second-order valence-electron chi connectivity index (χ2n) is 6.87. The standard InChI is InChI=1S/C22H15ClN8O2/c23-13-6-4-11(5-7-13)21(32)33-14-3-1-2-12(8-14)18-16-17(26)15(9-24)19(27)30-20(16)31-22(29-18)28-10-25/h1-8,18H,(H6,26,27,28,29,30,31). The summed E-state index contributed by atoms with van der Waals surface area (Å²) in [6, 6.07) is 14.1. The van der Waals surface area contributed by atoms with E-state index in [2.05, 4.69) is 20.6 Å². The van der Waals surface area contributed by atoms with Crippen molar-refractivity contribution in [2.45, 2.75) is 6.04 Å². The molecule has 2 heterocycles. The van der Waals surface area contributed by atoms with Crippen LogP contribution in [-0.4, -0.2) is 16.9 Å². The number of rotatable bonds is 3. The van der Waals surface area contributed by atoms with Crippen LogP contribution >= 0.6 is 11.6 Å². The average Bonchev–Trinajstić information content (AvgIpc) is 2.79. The van der Waals surface area contributed by atoms with Gasteiger partial charge < -0.3 is 21.5 Å². The number of anilines is 3. The largest absolute Gasteiger partial charge is 0.423 e. The van der Waals surface area contributed by atoms with Crippen LogP contribution < -0.4 is 26.8 Å². The second-order valence-corrected chi connectivity index (χ2v) is 7.31. The molecule has 0 amide bonds. The predicted octanol–water partition coefficient (Wildman–Crippen LogP) is 2.93. The van der Waals surface area contributed by atoms with Crippen molar-refractivity contribution in [3.8, 4) is 18.0 Å². The molecule has 3 aromatic rings. The van der Waals surface area contributed by atoms with Crippen molar-refractivity contribution >= 4 is 40.9 Å². The molecule has 1 aromatic heterocycles. The summed E-state index contributed by atoms with van der Waals surface area (Å²) in [6.07, 6.45) is 1.79. The number of fused-ring (bicyclic) bond motifs is 1. The number of aliphatic imine (C=N–C) groups is 1. The third kappa shape index (κ3) is 4.19. The number of hydrogen-bond donors (Lipinski definition) is 4. The van der Waals surface area contributed by atoms with Gasteiger partial charge >= 0.3 is 5.97 Å². The number of esters is 1. The van der Waals surface area contributed by atoms with E-state index < -0.39 is 12.0 Å². The zero-order valence-corrected chi connectivity index (χ0v) is 17.6. The van der Waals surface area contributed by atoms with Crippen LogP contribution in [0.3, 0.4) is 0 Å². The van der Waals surface area contributed by atoms with E-state index in [1.165, 1.54) is 0 Å². The molecule has 6 N–H and O–H groups in total. The number of pyridine rings is 1. The molecule has 0 bridgehead atoms. The van der Waals surface area contributed by atoms with Gasteiger partial charge in [0.25, 0.3) is 0 Å². The molecule has 4 rings (SSSR count). The number of nitrogens with zero attached hydrogens (tertiary/aromatic N) is 4. The van der Waals surface area contributed by atoms with Crippen molar-refractivity contribution < 1.29 is 9.53 Å². The van der Waals surface area contributed by atoms with Crippen LogP contribution in [0.4, 0.5) is 17.3 Å². The fourth-order valence-corrected chi connectivity index (χ4v) is 3.45. The predicted molar refractivity (Wildman–Crippen MR) is 122 cm³/mol. The molecule has 1 atom stereocenters. The molecule has 162 valence electrons. The molecule has 10 nitrogen and oxygen atoms in total. The Morgan fingerprint density at radius 2 is 1.94 bits per heavy atom. The third-order valence-corrected chi connectivity index (χ3v) is 5.07. The first-order valence-corrected chi connectivity index (χ1v) is 9.85. The number of aromatic nitrogens is 1. The highest BCUT2D eigenvalue weighted by atomic mass is 35.5. The van der Waals surface area contributed by atoms with E-state index in [9.17, 15) is 10.1 Å². The van der Waals surface area contributed by atoms with Gasteiger partial charge in [-0.1, -0.05) is 23.7 Å². The van der Waals surface area contributed by atoms with Gasteiger partial charge in [-0.25, -0.2) is 14.8 Å². The Balaban J connectivity index is 1.74. The van der Waals surface area contributed by atoms with Gasteiger partial charge in [-0.2, -0.15) is 10.5 Å². The van der Waals surface area contributed by atoms with Crippen LogP contribution in [0.15, 0.2) is 53.5 Å². The van der Waals surface area contributed by atoms with Gasteiger partial charge in [-0.3, -0.25) is 5.32 Å². The van der Waals surface area contributed by atoms with E-state index in [1.807, 2.05) is 6.07 Å². The van der Waals surface area contributed by atoms with Gasteiger partial charge in [0, 0.05) is 10.6 Å². The topological polar surface area (TPSA) is 175 Å². The van der Waals surface area contributed by atoms with Crippen molar-refractivity contribution in [3.63, 3.8) is 0 Å². The van der Waals surface area contributed by atoms with Crippen molar-refractivity contribution in [1.82, 2.24) is 10.3 Å². The molecule has 0 fully saturated rings. The molecule has 33 heavy (non-hydrogen) atoms. The van der Waals surface area contributed by atoms with Gasteiger partial charge in [0.2, 0.25) is 5.96 Å². The van der Waals surface area contributed by atoms with Crippen molar-refractivity contribution in [2.75, 3.05) is 16.8 Å². The zero-order valence-electron chi connectivity index (χ0n) is 16.8. The van der Waals surface area contributed by atoms with Crippen molar-refractivity contribution in [2.24, 2.45) is 4.99 Å². The molecular formula is C22H15ClN8O2. The summed E-state index contributed by atoms with van der Waals surface area (Å²) in [5, 5.41) is 24.2. The Morgan fingerprint density at radius 1 is 1.18 bits per heavy atom. The monoisotopic (exact) mass is 458 g/mol. The number of nitrogens with two attached hydrogens (primary N) is 2. The summed E-state index contributed by atoms with van der Waals surface area (Å²) < 4.78 is 5.50. The Labute approximate surface area is 193 Å². The maximum atomic E-state index is 12.5. The number of ether oxygens (including phenoxy) is 1. The summed E-state index contributed by atoms with van der Waals surface area (Å²) >= 11 is 5.86. The van der Waals surface area contributed by atoms with E-state index >= 15 is 0 Å². The first-order valence-electron chi connectivity index (χ1n) is 9.48. The van der Waals surface area contributed by atoms with Crippen LogP contribution in [0.25, 0.3) is 0 Å². The molecule has 0 spiro atoms. The Hall–Kier alpha value is -4.80. The second kappa shape index (κ2) is 8.75. The smallest absolute Gasteiger partial charge is 0.343 e. The summed E-state index contributed by atoms with van der Waals surface area (Å²) in [7, 11) is 0. The van der Waals surface area contributed by atoms with E-state index in [0.29, 0.717) is 21.7 Å². The lowest BCUT2D eigenvalue weighted by Crippen LogP contribution is -2.32. The SMILES string of the molecule is N#CNC1=NC(c2cccc(OC(=O)c3ccc(Cl)cc3)c2)c2c(nc(N)c(C#N)c2N)N1. The Kier molecular flexibility index (Phi) is 5.68. The van der Waals surface area contributed by atoms with Gasteiger partial charge in [-0.05, 0) is 42.0 Å². The number of hydrogen-bond acceptors (Lipinski definition) is 10. The molecule has 0 saturated heterocycles. The van der Waals surface area contributed by atoms with Gasteiger partial charge in [0.1, 0.15) is 35.1 Å². The number of nitrogens with one attached hydrogen (secondary N) is 2. The minimum Gasteiger partial charge on any atom is -0.423 e. The minimum atomic E-state index is -0.758. The number of carbonyl (C=O) groups excluding carboxylic acids is 1. The zero-order chi connectivity index (χ0) is 23.5. The first kappa shape index (κ1) is 21.4. The lowest BCUT2D eigenvalue weighted by atomic mass is 9.95. The normalized spacial score (nSPS) is 14.0.